The minimum absolute atomic E-state index is 0.00303. The monoisotopic (exact) mass is 1890 g/mol. The molecule has 7 aromatic carbocycles. The third kappa shape index (κ3) is 23.9. The van der Waals surface area contributed by atoms with Crippen LogP contribution in [-0.4, -0.2) is 159 Å². The number of methoxy groups -OCH3 is 7. The summed E-state index contributed by atoms with van der Waals surface area (Å²) in [5, 5.41) is 9.68. The number of aliphatic carboxylic acids is 1. The van der Waals surface area contributed by atoms with E-state index in [1.54, 1.807) is 19.6 Å². The van der Waals surface area contributed by atoms with Gasteiger partial charge in [-0.15, -0.1) is 0 Å². The van der Waals surface area contributed by atoms with Crippen molar-refractivity contribution >= 4 is 127 Å². The second-order valence-corrected chi connectivity index (χ2v) is 37.2. The summed E-state index contributed by atoms with van der Waals surface area (Å²) in [7, 11) is 10.0. The molecule has 4 aliphatic heterocycles. The van der Waals surface area contributed by atoms with Gasteiger partial charge in [-0.1, -0.05) is 129 Å². The van der Waals surface area contributed by atoms with Crippen LogP contribution in [-0.2, 0) is 108 Å². The number of anilines is 6. The maximum absolute atomic E-state index is 12.6. The summed E-state index contributed by atoms with van der Waals surface area (Å²) in [6.45, 7) is 8.13. The number of amides is 4. The zero-order chi connectivity index (χ0) is 95.3. The predicted octanol–water partition coefficient (Wildman–Crippen LogP) is 19.5. The van der Waals surface area contributed by atoms with Crippen LogP contribution in [0, 0.1) is 29.6 Å². The first kappa shape index (κ1) is 100. The number of rotatable bonds is 14. The molecule has 0 radical (unpaired) electrons. The minimum Gasteiger partial charge on any atom is -0.481 e. The number of imidazole rings is 2. The second kappa shape index (κ2) is 47.2. The van der Waals surface area contributed by atoms with Crippen LogP contribution in [0.1, 0.15) is 224 Å². The first-order valence-electron chi connectivity index (χ1n) is 47.0. The summed E-state index contributed by atoms with van der Waals surface area (Å²) < 4.78 is 40.1. The first-order chi connectivity index (χ1) is 64.2. The predicted molar refractivity (Wildman–Crippen MR) is 519 cm³/mol. The van der Waals surface area contributed by atoms with E-state index in [1.807, 2.05) is 130 Å². The Morgan fingerprint density at radius 3 is 1.17 bits per heavy atom. The topological polar surface area (TPSA) is 365 Å². The molecule has 0 saturated heterocycles. The van der Waals surface area contributed by atoms with Gasteiger partial charge in [-0.05, 0) is 248 Å². The van der Waals surface area contributed by atoms with Crippen molar-refractivity contribution in [2.24, 2.45) is 35.3 Å². The number of benzene rings is 7. The van der Waals surface area contributed by atoms with Gasteiger partial charge in [0.15, 0.2) is 0 Å². The Balaban J connectivity index is 0.000000152. The zero-order valence-electron chi connectivity index (χ0n) is 78.8. The van der Waals surface area contributed by atoms with Gasteiger partial charge in [-0.3, -0.25) is 38.8 Å². The maximum atomic E-state index is 12.6. The van der Waals surface area contributed by atoms with Crippen molar-refractivity contribution in [1.29, 1.82) is 0 Å². The number of carboxylic acid groups (broad SMARTS) is 1. The number of nitrogens with zero attached hydrogens (tertiary/aromatic N) is 8. The largest absolute Gasteiger partial charge is 0.481 e. The highest BCUT2D eigenvalue weighted by Gasteiger charge is 2.40. The van der Waals surface area contributed by atoms with Gasteiger partial charge in [0.1, 0.15) is 17.9 Å². The molecule has 9 aromatic rings. The molecule has 2 aromatic heterocycles. The van der Waals surface area contributed by atoms with Gasteiger partial charge in [0.2, 0.25) is 0 Å². The Kier molecular flexibility index (Phi) is 35.5. The van der Waals surface area contributed by atoms with Gasteiger partial charge < -0.3 is 69.4 Å². The Morgan fingerprint density at radius 2 is 0.759 bits per heavy atom. The van der Waals surface area contributed by atoms with Crippen molar-refractivity contribution in [2.45, 2.75) is 250 Å². The van der Waals surface area contributed by atoms with E-state index < -0.39 is 5.97 Å². The van der Waals surface area contributed by atoms with Crippen LogP contribution < -0.4 is 36.8 Å². The van der Waals surface area contributed by atoms with Gasteiger partial charge in [-0.25, -0.2) is 29.1 Å². The number of nitrogen functional groups attached to an aromatic ring is 2. The summed E-state index contributed by atoms with van der Waals surface area (Å²) >= 11 is 3.40. The molecule has 29 heteroatoms. The fourth-order valence-electron chi connectivity index (χ4n) is 20.8. The van der Waals surface area contributed by atoms with Crippen molar-refractivity contribution in [3.63, 3.8) is 0 Å². The van der Waals surface area contributed by atoms with E-state index in [0.717, 1.165) is 260 Å². The molecular weight excluding hydrogens is 1760 g/mol. The van der Waals surface area contributed by atoms with Gasteiger partial charge in [0.25, 0.3) is 0 Å². The average molecular weight is 1890 g/mol. The molecule has 4 saturated carbocycles. The number of hydrogen-bond acceptors (Lipinski definition) is 21. The van der Waals surface area contributed by atoms with Crippen LogP contribution in [0.2, 0.25) is 0 Å². The fourth-order valence-corrected chi connectivity index (χ4v) is 21.2. The first-order valence-corrected chi connectivity index (χ1v) is 47.8. The molecule has 4 fully saturated rings. The number of carbonyl (C=O) groups excluding carboxylic acids is 8. The molecule has 0 bridgehead atoms. The lowest BCUT2D eigenvalue weighted by atomic mass is 9.78. The highest BCUT2D eigenvalue weighted by Crippen LogP contribution is 2.46. The number of carboxylic acids is 1. The minimum atomic E-state index is -0.709. The third-order valence-electron chi connectivity index (χ3n) is 27.8. The quantitative estimate of drug-likeness (QED) is 0.0340. The third-order valence-corrected chi connectivity index (χ3v) is 28.5. The number of esters is 3. The standard InChI is InChI=1S/C28H33N3O4.C27H31N3O4.C21H30N2O4.C12H15BrN2O2.C8H15NO2.C8H8O/c1-18-12-13-22-23(30(18)28(33)35-3)14-15-24-26(22)29-25(16-19-8-5-4-6-9-19)31(24)21-11-7-10-20(17-21)27(32)34-2;1-17-11-12-21-22(29(17)27(33)34-2)13-14-23-25(21)28-24(15-18-7-4-3-5-8-18)30(23)20-10-6-9-19(16-20)26(31)32;1-13-7-9-17-18(23(13)21(25)27-3)10-8-15(19(17)22)11-14-5-4-6-16(12-14)20(24)26-2;1-7-3-4-8-10(15(7)12(16)17-2)6-5-9(13)11(8)14;1-11-8(10)6-3-2-4-7(9)5-6;9-7-6-8-4-2-1-3-5-8/h4-6,8-9,14-15,18,20-21H,7,10-13,16-17H2,1-3H3;3-5,7-8,13-14,17,19-20H,6,9-12,15-16H2,1-2H3,(H,31,32);8,10,13-14,16H,4-7,9,11-12,22H2,1-3H3;5-7H,3-4,14H2,1-2H3;6-7H,2-5,9H2,1H3;1-5,7H,6H2/t18-,20+,21+;17-,19+,20+;13-,14-,16+;7-;6-,7-;/m00001./s1. The van der Waals surface area contributed by atoms with Crippen molar-refractivity contribution in [3.05, 3.63) is 200 Å². The average Bonchev–Trinajstić information content (AvgIpc) is 1.60. The molecule has 12 atom stereocenters. The van der Waals surface area contributed by atoms with E-state index in [1.165, 1.54) is 60.9 Å². The Bertz CT molecular complexity index is 5540. The summed E-state index contributed by atoms with van der Waals surface area (Å²) in [5.74, 6) is 1.01. The molecule has 4 amide bonds. The molecule has 0 unspecified atom stereocenters. The molecule has 712 valence electrons. The molecule has 0 spiro atoms. The summed E-state index contributed by atoms with van der Waals surface area (Å²) in [4.78, 5) is 123. The number of carbonyl (C=O) groups is 9. The van der Waals surface area contributed by atoms with Crippen molar-refractivity contribution in [3.8, 4) is 0 Å². The van der Waals surface area contributed by atoms with E-state index in [9.17, 15) is 48.3 Å². The Morgan fingerprint density at radius 1 is 0.406 bits per heavy atom. The number of halogens is 1. The van der Waals surface area contributed by atoms with E-state index >= 15 is 0 Å². The number of ether oxygens (including phenoxy) is 7. The Hall–Kier alpha value is -11.9. The number of hydrogen-bond donors (Lipinski definition) is 4. The number of aryl methyl sites for hydroxylation is 2. The molecule has 4 aliphatic carbocycles. The second-order valence-electron chi connectivity index (χ2n) is 36.3. The van der Waals surface area contributed by atoms with Gasteiger partial charge in [0, 0.05) is 88.4 Å². The number of nitrogens with two attached hydrogens (primary N) is 3. The summed E-state index contributed by atoms with van der Waals surface area (Å²) in [6, 6.07) is 47.1. The van der Waals surface area contributed by atoms with Crippen LogP contribution in [0.4, 0.5) is 53.3 Å². The molecule has 133 heavy (non-hydrogen) atoms. The lowest BCUT2D eigenvalue weighted by Gasteiger charge is -2.35. The SMILES string of the molecule is COC(=O)N1c2ccc(Br)c(N)c2CC[C@@H]1C.COC(=O)N1c2ccc3c(nc(Cc4ccccc4)n3[C@@H]3CCC[C@@H](C(=O)O)C3)c2CC[C@@H]1C.COC(=O)[C@@H]1CCC[C@@H](Cc2ccc3c(c2N)CC[C@H](C)N3C(=O)OC)C1.COC(=O)[C@@H]1CCC[C@@H](N)C1.COC(=O)[C@@H]1CCC[C@@H](n2c(Cc3ccccc3)nc3c4c(ccc32)N(C(=O)OC)[C@@H](C)CC4)C1.O=CCc1ccccc1. The van der Waals surface area contributed by atoms with Crippen LogP contribution in [0.5, 0.6) is 0 Å². The highest BCUT2D eigenvalue weighted by molar-refractivity contribution is 9.10. The van der Waals surface area contributed by atoms with Gasteiger partial charge in [0.05, 0.1) is 124 Å². The summed E-state index contributed by atoms with van der Waals surface area (Å²) in [6.07, 6.45) is 23.8. The fraction of sp³-hybridized carbons (Fsp3) is 0.490. The summed E-state index contributed by atoms with van der Waals surface area (Å²) in [5.41, 5.74) is 36.0. The normalized spacial score (nSPS) is 22.2. The van der Waals surface area contributed by atoms with Gasteiger partial charge >= 0.3 is 48.3 Å². The highest BCUT2D eigenvalue weighted by atomic mass is 79.9. The molecular formula is C104H132BrN11O17. The van der Waals surface area contributed by atoms with Crippen molar-refractivity contribution in [1.82, 2.24) is 19.1 Å². The lowest BCUT2D eigenvalue weighted by molar-refractivity contribution is -0.147. The molecule has 7 N–H and O–H groups in total. The molecule has 6 heterocycles. The van der Waals surface area contributed by atoms with Crippen molar-refractivity contribution in [2.75, 3.05) is 80.8 Å². The number of aromatic nitrogens is 4. The van der Waals surface area contributed by atoms with Crippen LogP contribution >= 0.6 is 15.9 Å². The van der Waals surface area contributed by atoms with Crippen LogP contribution in [0.25, 0.3) is 22.1 Å². The van der Waals surface area contributed by atoms with E-state index in [0.29, 0.717) is 37.3 Å². The Labute approximate surface area is 788 Å². The lowest BCUT2D eigenvalue weighted by Crippen LogP contribution is -2.42. The van der Waals surface area contributed by atoms with Crippen LogP contribution in [0.3, 0.4) is 0 Å². The van der Waals surface area contributed by atoms with Crippen LogP contribution in [0.15, 0.2) is 144 Å². The van der Waals surface area contributed by atoms with Crippen molar-refractivity contribution < 1.29 is 81.4 Å². The molecule has 8 aliphatic rings. The van der Waals surface area contributed by atoms with Gasteiger partial charge in [-0.2, -0.15) is 0 Å². The van der Waals surface area contributed by atoms with E-state index in [4.69, 9.17) is 55.6 Å². The van der Waals surface area contributed by atoms with E-state index in [-0.39, 0.29) is 108 Å². The molecule has 28 nitrogen and oxygen atoms in total. The van der Waals surface area contributed by atoms with E-state index in [2.05, 4.69) is 67.1 Å². The zero-order valence-corrected chi connectivity index (χ0v) is 80.3. The maximum Gasteiger partial charge on any atom is 0.414 e. The smallest absolute Gasteiger partial charge is 0.414 e. The number of aldehydes is 1. The number of fused-ring (bicyclic) bond motifs is 8. The molecule has 17 rings (SSSR count).